The lowest BCUT2D eigenvalue weighted by Crippen LogP contribution is -1.94. The standard InChI is InChI=1S/C11H13N3OS/c1-8(15)16-6-5-9-7-14-10(12)3-2-4-11(14)13-9/h2-4,7H,5-6,12H2,1H3. The monoisotopic (exact) mass is 235 g/mol. The largest absolute Gasteiger partial charge is 0.385 e. The van der Waals surface area contributed by atoms with Gasteiger partial charge in [-0.05, 0) is 12.1 Å². The fraction of sp³-hybridized carbons (Fsp3) is 0.273. The van der Waals surface area contributed by atoms with Crippen LogP contribution in [0.15, 0.2) is 24.4 Å². The molecular weight excluding hydrogens is 222 g/mol. The molecule has 0 atom stereocenters. The third-order valence-electron chi connectivity index (χ3n) is 2.24. The SMILES string of the molecule is CC(=O)SCCc1cn2c(N)cccc2n1. The predicted octanol–water partition coefficient (Wildman–Crippen LogP) is 1.74. The molecule has 16 heavy (non-hydrogen) atoms. The Morgan fingerprint density at radius 1 is 1.56 bits per heavy atom. The third kappa shape index (κ3) is 2.36. The number of pyridine rings is 1. The van der Waals surface area contributed by atoms with Gasteiger partial charge in [-0.2, -0.15) is 0 Å². The van der Waals surface area contributed by atoms with E-state index in [1.807, 2.05) is 28.8 Å². The second-order valence-electron chi connectivity index (χ2n) is 3.50. The second kappa shape index (κ2) is 4.57. The fourth-order valence-electron chi connectivity index (χ4n) is 1.50. The van der Waals surface area contributed by atoms with Crippen molar-refractivity contribution in [1.82, 2.24) is 9.38 Å². The van der Waals surface area contributed by atoms with Gasteiger partial charge in [-0.3, -0.25) is 9.20 Å². The van der Waals surface area contributed by atoms with Gasteiger partial charge in [0.15, 0.2) is 5.12 Å². The Balaban J connectivity index is 2.14. The van der Waals surface area contributed by atoms with Gasteiger partial charge >= 0.3 is 0 Å². The van der Waals surface area contributed by atoms with Crippen molar-refractivity contribution in [3.05, 3.63) is 30.1 Å². The third-order valence-corrected chi connectivity index (χ3v) is 3.05. The molecule has 2 rings (SSSR count). The van der Waals surface area contributed by atoms with Crippen molar-refractivity contribution in [3.63, 3.8) is 0 Å². The Bertz CT molecular complexity index is 521. The molecule has 2 aromatic heterocycles. The maximum absolute atomic E-state index is 10.8. The van der Waals surface area contributed by atoms with Crippen LogP contribution in [0.25, 0.3) is 5.65 Å². The average molecular weight is 235 g/mol. The van der Waals surface area contributed by atoms with E-state index in [0.717, 1.165) is 23.5 Å². The molecule has 0 bridgehead atoms. The number of aromatic nitrogens is 2. The first-order chi connectivity index (χ1) is 7.66. The van der Waals surface area contributed by atoms with Crippen LogP contribution >= 0.6 is 11.8 Å². The van der Waals surface area contributed by atoms with Crippen LogP contribution in [0.4, 0.5) is 5.82 Å². The number of aryl methyl sites for hydroxylation is 1. The van der Waals surface area contributed by atoms with Gasteiger partial charge in [0.25, 0.3) is 0 Å². The molecule has 0 aliphatic carbocycles. The highest BCUT2D eigenvalue weighted by Gasteiger charge is 2.03. The molecule has 0 aliphatic rings. The zero-order valence-electron chi connectivity index (χ0n) is 9.01. The van der Waals surface area contributed by atoms with Crippen molar-refractivity contribution in [1.29, 1.82) is 0 Å². The summed E-state index contributed by atoms with van der Waals surface area (Å²) >= 11 is 1.32. The highest BCUT2D eigenvalue weighted by molar-refractivity contribution is 8.13. The number of rotatable bonds is 3. The van der Waals surface area contributed by atoms with Crippen molar-refractivity contribution in [3.8, 4) is 0 Å². The second-order valence-corrected chi connectivity index (χ2v) is 4.77. The number of hydrogen-bond donors (Lipinski definition) is 1. The van der Waals surface area contributed by atoms with Gasteiger partial charge in [-0.1, -0.05) is 17.8 Å². The Kier molecular flexibility index (Phi) is 3.14. The molecule has 0 aliphatic heterocycles. The molecule has 4 nitrogen and oxygen atoms in total. The van der Waals surface area contributed by atoms with Crippen molar-refractivity contribution in [2.75, 3.05) is 11.5 Å². The zero-order chi connectivity index (χ0) is 11.5. The number of hydrogen-bond acceptors (Lipinski definition) is 4. The summed E-state index contributed by atoms with van der Waals surface area (Å²) in [6.07, 6.45) is 2.71. The van der Waals surface area contributed by atoms with E-state index in [-0.39, 0.29) is 5.12 Å². The number of fused-ring (bicyclic) bond motifs is 1. The maximum atomic E-state index is 10.8. The van der Waals surface area contributed by atoms with E-state index in [1.165, 1.54) is 11.8 Å². The molecule has 84 valence electrons. The van der Waals surface area contributed by atoms with E-state index in [4.69, 9.17) is 5.73 Å². The molecule has 0 aromatic carbocycles. The molecule has 2 heterocycles. The molecule has 2 aromatic rings. The molecule has 2 N–H and O–H groups in total. The summed E-state index contributed by atoms with van der Waals surface area (Å²) < 4.78 is 1.85. The number of thioether (sulfide) groups is 1. The Labute approximate surface area is 97.9 Å². The number of nitrogens with two attached hydrogens (primary N) is 1. The minimum Gasteiger partial charge on any atom is -0.385 e. The minimum absolute atomic E-state index is 0.142. The van der Waals surface area contributed by atoms with Crippen LogP contribution in [0.5, 0.6) is 0 Å². The van der Waals surface area contributed by atoms with E-state index >= 15 is 0 Å². The highest BCUT2D eigenvalue weighted by atomic mass is 32.2. The summed E-state index contributed by atoms with van der Waals surface area (Å²) in [7, 11) is 0. The van der Waals surface area contributed by atoms with Crippen LogP contribution in [-0.2, 0) is 11.2 Å². The quantitative estimate of drug-likeness (QED) is 0.880. The molecule has 0 saturated heterocycles. The normalized spacial score (nSPS) is 10.8. The number of carbonyl (C=O) groups is 1. The Morgan fingerprint density at radius 2 is 2.38 bits per heavy atom. The number of nitrogen functional groups attached to an aromatic ring is 1. The van der Waals surface area contributed by atoms with E-state index in [2.05, 4.69) is 4.98 Å². The van der Waals surface area contributed by atoms with Crippen LogP contribution in [0, 0.1) is 0 Å². The van der Waals surface area contributed by atoms with E-state index in [0.29, 0.717) is 5.82 Å². The molecule has 0 saturated carbocycles. The van der Waals surface area contributed by atoms with Gasteiger partial charge in [-0.15, -0.1) is 0 Å². The molecular formula is C11H13N3OS. The molecule has 0 unspecified atom stereocenters. The average Bonchev–Trinajstić information content (AvgIpc) is 2.61. The number of imidazole rings is 1. The van der Waals surface area contributed by atoms with Crippen molar-refractivity contribution < 1.29 is 4.79 Å². The summed E-state index contributed by atoms with van der Waals surface area (Å²) in [6, 6.07) is 5.63. The first kappa shape index (κ1) is 11.0. The Morgan fingerprint density at radius 3 is 3.06 bits per heavy atom. The van der Waals surface area contributed by atoms with Gasteiger partial charge in [0, 0.05) is 25.3 Å². The molecule has 0 radical (unpaired) electrons. The summed E-state index contributed by atoms with van der Waals surface area (Å²) in [5.41, 5.74) is 7.62. The number of carbonyl (C=O) groups excluding carboxylic acids is 1. The summed E-state index contributed by atoms with van der Waals surface area (Å²) in [4.78, 5) is 15.2. The van der Waals surface area contributed by atoms with Gasteiger partial charge < -0.3 is 5.73 Å². The highest BCUT2D eigenvalue weighted by Crippen LogP contribution is 2.12. The Hall–Kier alpha value is -1.49. The minimum atomic E-state index is 0.142. The van der Waals surface area contributed by atoms with Crippen molar-refractivity contribution >= 4 is 28.3 Å². The van der Waals surface area contributed by atoms with E-state index < -0.39 is 0 Å². The van der Waals surface area contributed by atoms with Gasteiger partial charge in [0.1, 0.15) is 11.5 Å². The lowest BCUT2D eigenvalue weighted by molar-refractivity contribution is -0.109. The molecule has 0 amide bonds. The smallest absolute Gasteiger partial charge is 0.185 e. The topological polar surface area (TPSA) is 60.4 Å². The van der Waals surface area contributed by atoms with E-state index in [9.17, 15) is 4.79 Å². The predicted molar refractivity (Wildman–Crippen MR) is 66.4 cm³/mol. The molecule has 0 spiro atoms. The van der Waals surface area contributed by atoms with E-state index in [1.54, 1.807) is 6.92 Å². The van der Waals surface area contributed by atoms with Crippen LogP contribution in [0.3, 0.4) is 0 Å². The zero-order valence-corrected chi connectivity index (χ0v) is 9.83. The number of nitrogens with zero attached hydrogens (tertiary/aromatic N) is 2. The maximum Gasteiger partial charge on any atom is 0.185 e. The van der Waals surface area contributed by atoms with Gasteiger partial charge in [-0.25, -0.2) is 4.98 Å². The summed E-state index contributed by atoms with van der Waals surface area (Å²) in [6.45, 7) is 1.58. The van der Waals surface area contributed by atoms with Crippen molar-refractivity contribution in [2.45, 2.75) is 13.3 Å². The van der Waals surface area contributed by atoms with Gasteiger partial charge in [0.05, 0.1) is 5.69 Å². The fourth-order valence-corrected chi connectivity index (χ4v) is 2.10. The van der Waals surface area contributed by atoms with Gasteiger partial charge in [0.2, 0.25) is 0 Å². The first-order valence-electron chi connectivity index (χ1n) is 5.02. The van der Waals surface area contributed by atoms with Crippen molar-refractivity contribution in [2.24, 2.45) is 0 Å². The summed E-state index contributed by atoms with van der Waals surface area (Å²) in [5.74, 6) is 1.44. The van der Waals surface area contributed by atoms with Crippen LogP contribution < -0.4 is 5.73 Å². The summed E-state index contributed by atoms with van der Waals surface area (Å²) in [5, 5.41) is 0.142. The number of anilines is 1. The lowest BCUT2D eigenvalue weighted by Gasteiger charge is -1.95. The van der Waals surface area contributed by atoms with Crippen LogP contribution in [-0.4, -0.2) is 20.3 Å². The lowest BCUT2D eigenvalue weighted by atomic mass is 10.4. The first-order valence-corrected chi connectivity index (χ1v) is 6.01. The van der Waals surface area contributed by atoms with Crippen LogP contribution in [0.2, 0.25) is 0 Å². The van der Waals surface area contributed by atoms with Crippen LogP contribution in [0.1, 0.15) is 12.6 Å². The molecule has 5 heteroatoms. The molecule has 0 fully saturated rings.